The summed E-state index contributed by atoms with van der Waals surface area (Å²) in [6.45, 7) is 2.17. The van der Waals surface area contributed by atoms with Crippen molar-refractivity contribution >= 4 is 32.5 Å². The van der Waals surface area contributed by atoms with E-state index in [0.29, 0.717) is 28.3 Å². The number of pyridine rings is 1. The van der Waals surface area contributed by atoms with E-state index in [1.165, 1.54) is 22.1 Å². The Balaban J connectivity index is 1.63. The molecule has 0 bridgehead atoms. The van der Waals surface area contributed by atoms with E-state index >= 15 is 0 Å². The summed E-state index contributed by atoms with van der Waals surface area (Å²) in [4.78, 5) is 30.5. The van der Waals surface area contributed by atoms with Crippen molar-refractivity contribution in [3.05, 3.63) is 86.6 Å². The van der Waals surface area contributed by atoms with Gasteiger partial charge in [-0.1, -0.05) is 35.6 Å². The fraction of sp³-hybridized carbons (Fsp3) is 0.136. The van der Waals surface area contributed by atoms with Crippen LogP contribution in [0.3, 0.4) is 0 Å². The Morgan fingerprint density at radius 3 is 2.60 bits per heavy atom. The second kappa shape index (κ2) is 7.00. The molecule has 0 aliphatic heterocycles. The lowest BCUT2D eigenvalue weighted by atomic mass is 10.2. The average molecular weight is 418 g/mol. The number of nitrogens with one attached hydrogen (secondary N) is 1. The number of methoxy groups -OCH3 is 1. The summed E-state index contributed by atoms with van der Waals surface area (Å²) in [6, 6.07) is 16.7. The number of aromatic nitrogens is 4. The topological polar surface area (TPSA) is 81.9 Å². The number of nitrogens with zero attached hydrogens (tertiary/aromatic N) is 3. The van der Waals surface area contributed by atoms with Crippen LogP contribution in [0, 0.1) is 6.92 Å². The summed E-state index contributed by atoms with van der Waals surface area (Å²) >= 11 is 1.42. The first-order chi connectivity index (χ1) is 14.5. The van der Waals surface area contributed by atoms with Crippen molar-refractivity contribution in [1.29, 1.82) is 0 Å². The largest absolute Gasteiger partial charge is 0.497 e. The molecule has 0 amide bonds. The van der Waals surface area contributed by atoms with Crippen molar-refractivity contribution in [2.75, 3.05) is 7.11 Å². The van der Waals surface area contributed by atoms with Crippen LogP contribution >= 0.6 is 11.3 Å². The summed E-state index contributed by atoms with van der Waals surface area (Å²) < 4.78 is 9.21. The van der Waals surface area contributed by atoms with Gasteiger partial charge in [-0.15, -0.1) is 0 Å². The highest BCUT2D eigenvalue weighted by Crippen LogP contribution is 2.24. The van der Waals surface area contributed by atoms with Crippen LogP contribution in [-0.2, 0) is 6.54 Å². The van der Waals surface area contributed by atoms with Crippen LogP contribution in [0.1, 0.15) is 11.3 Å². The molecule has 7 nitrogen and oxygen atoms in total. The molecule has 2 aromatic carbocycles. The van der Waals surface area contributed by atoms with Crippen LogP contribution in [0.25, 0.3) is 26.3 Å². The van der Waals surface area contributed by atoms with E-state index in [9.17, 15) is 9.59 Å². The maximum Gasteiger partial charge on any atom is 0.282 e. The molecule has 5 rings (SSSR count). The van der Waals surface area contributed by atoms with E-state index in [2.05, 4.69) is 10.1 Å². The van der Waals surface area contributed by atoms with Crippen LogP contribution in [-0.4, -0.2) is 26.4 Å². The lowest BCUT2D eigenvalue weighted by molar-refractivity contribution is 0.414. The average Bonchev–Trinajstić information content (AvgIpc) is 3.32. The standard InChI is InChI=1S/C22H18N4O3S/c1-13-20-17(11-19(27)25(13)12-14-7-9-15(29-2)10-8-14)24-26(21(20)28)22-23-16-5-3-4-6-18(16)30-22/h3-11,24H,12H2,1-2H3. The Kier molecular flexibility index (Phi) is 4.29. The third-order valence-electron chi connectivity index (χ3n) is 5.19. The Hall–Kier alpha value is -3.65. The molecular formula is C22H18N4O3S. The van der Waals surface area contributed by atoms with E-state index < -0.39 is 0 Å². The summed E-state index contributed by atoms with van der Waals surface area (Å²) in [5, 5.41) is 4.09. The Labute approximate surface area is 174 Å². The monoisotopic (exact) mass is 418 g/mol. The van der Waals surface area contributed by atoms with E-state index in [1.54, 1.807) is 18.6 Å². The summed E-state index contributed by atoms with van der Waals surface area (Å²) in [5.41, 5.74) is 2.52. The minimum Gasteiger partial charge on any atom is -0.497 e. The lowest BCUT2D eigenvalue weighted by Crippen LogP contribution is -2.23. The molecule has 0 unspecified atom stereocenters. The smallest absolute Gasteiger partial charge is 0.282 e. The molecule has 3 heterocycles. The molecule has 0 saturated carbocycles. The first kappa shape index (κ1) is 18.4. The van der Waals surface area contributed by atoms with Crippen molar-refractivity contribution in [2.24, 2.45) is 0 Å². The van der Waals surface area contributed by atoms with E-state index in [-0.39, 0.29) is 11.1 Å². The van der Waals surface area contributed by atoms with Gasteiger partial charge in [-0.05, 0) is 36.8 Å². The molecule has 3 aromatic heterocycles. The zero-order chi connectivity index (χ0) is 20.8. The fourth-order valence-electron chi connectivity index (χ4n) is 3.61. The molecule has 5 aromatic rings. The van der Waals surface area contributed by atoms with E-state index in [1.807, 2.05) is 48.5 Å². The van der Waals surface area contributed by atoms with E-state index in [0.717, 1.165) is 21.5 Å². The number of hydrogen-bond donors (Lipinski definition) is 1. The van der Waals surface area contributed by atoms with E-state index in [4.69, 9.17) is 4.74 Å². The number of H-pyrrole nitrogens is 1. The maximum absolute atomic E-state index is 13.2. The van der Waals surface area contributed by atoms with Gasteiger partial charge in [0.1, 0.15) is 5.75 Å². The third kappa shape index (κ3) is 2.93. The molecule has 0 atom stereocenters. The minimum atomic E-state index is -0.218. The number of hydrogen-bond acceptors (Lipinski definition) is 5. The van der Waals surface area contributed by atoms with Gasteiger partial charge in [0, 0.05) is 11.8 Å². The quantitative estimate of drug-likeness (QED) is 0.485. The molecule has 0 spiro atoms. The SMILES string of the molecule is COc1ccc(Cn2c(C)c3c(=O)n(-c4nc5ccccc5s4)[nH]c3cc2=O)cc1. The fourth-order valence-corrected chi connectivity index (χ4v) is 4.54. The predicted molar refractivity (Wildman–Crippen MR) is 118 cm³/mol. The van der Waals surface area contributed by atoms with Crippen molar-refractivity contribution in [3.63, 3.8) is 0 Å². The number of aryl methyl sites for hydroxylation is 1. The maximum atomic E-state index is 13.2. The van der Waals surface area contributed by atoms with Gasteiger partial charge < -0.3 is 9.30 Å². The van der Waals surface area contributed by atoms with Crippen LogP contribution in [0.4, 0.5) is 0 Å². The number of fused-ring (bicyclic) bond motifs is 2. The van der Waals surface area contributed by atoms with Gasteiger partial charge in [-0.25, -0.2) is 4.98 Å². The predicted octanol–water partition coefficient (Wildman–Crippen LogP) is 3.46. The number of ether oxygens (including phenoxy) is 1. The second-order valence-corrected chi connectivity index (χ2v) is 8.02. The molecule has 1 N–H and O–H groups in total. The molecular weight excluding hydrogens is 400 g/mol. The van der Waals surface area contributed by atoms with Gasteiger partial charge in [-0.2, -0.15) is 4.68 Å². The molecule has 8 heteroatoms. The highest BCUT2D eigenvalue weighted by molar-refractivity contribution is 7.20. The van der Waals surface area contributed by atoms with Crippen molar-refractivity contribution in [3.8, 4) is 10.9 Å². The molecule has 30 heavy (non-hydrogen) atoms. The van der Waals surface area contributed by atoms with Crippen LogP contribution in [0.2, 0.25) is 0 Å². The van der Waals surface area contributed by atoms with Crippen LogP contribution in [0.15, 0.2) is 64.2 Å². The molecule has 0 aliphatic carbocycles. The van der Waals surface area contributed by atoms with Crippen molar-refractivity contribution < 1.29 is 4.74 Å². The van der Waals surface area contributed by atoms with Crippen LogP contribution < -0.4 is 15.9 Å². The van der Waals surface area contributed by atoms with Gasteiger partial charge in [0.05, 0.1) is 34.8 Å². The number of thiazole rings is 1. The zero-order valence-electron chi connectivity index (χ0n) is 16.4. The Morgan fingerprint density at radius 1 is 1.10 bits per heavy atom. The number of benzene rings is 2. The first-order valence-corrected chi connectivity index (χ1v) is 10.2. The van der Waals surface area contributed by atoms with Crippen molar-refractivity contribution in [1.82, 2.24) is 19.3 Å². The normalized spacial score (nSPS) is 11.4. The Bertz CT molecular complexity index is 1470. The number of para-hydroxylation sites is 1. The summed E-state index contributed by atoms with van der Waals surface area (Å²) in [5.74, 6) is 0.752. The van der Waals surface area contributed by atoms with Gasteiger partial charge >= 0.3 is 0 Å². The van der Waals surface area contributed by atoms with Crippen molar-refractivity contribution in [2.45, 2.75) is 13.5 Å². The van der Waals surface area contributed by atoms with Gasteiger partial charge in [0.25, 0.3) is 11.1 Å². The first-order valence-electron chi connectivity index (χ1n) is 9.39. The van der Waals surface area contributed by atoms with Gasteiger partial charge in [0.15, 0.2) is 0 Å². The zero-order valence-corrected chi connectivity index (χ0v) is 17.2. The second-order valence-electron chi connectivity index (χ2n) is 7.01. The summed E-state index contributed by atoms with van der Waals surface area (Å²) in [6.07, 6.45) is 0. The molecule has 0 radical (unpaired) electrons. The number of rotatable bonds is 4. The molecule has 0 saturated heterocycles. The highest BCUT2D eigenvalue weighted by Gasteiger charge is 2.17. The molecule has 0 fully saturated rings. The lowest BCUT2D eigenvalue weighted by Gasteiger charge is -2.10. The summed E-state index contributed by atoms with van der Waals surface area (Å²) in [7, 11) is 1.61. The van der Waals surface area contributed by atoms with Gasteiger partial charge in [-0.3, -0.25) is 14.7 Å². The highest BCUT2D eigenvalue weighted by atomic mass is 32.1. The minimum absolute atomic E-state index is 0.173. The van der Waals surface area contributed by atoms with Crippen LogP contribution in [0.5, 0.6) is 5.75 Å². The molecule has 150 valence electrons. The van der Waals surface area contributed by atoms with Gasteiger partial charge in [0.2, 0.25) is 5.13 Å². The Morgan fingerprint density at radius 2 is 1.87 bits per heavy atom. The third-order valence-corrected chi connectivity index (χ3v) is 6.21. The molecule has 0 aliphatic rings. The number of aromatic amines is 1.